The molecule has 1 aromatic rings. The van der Waals surface area contributed by atoms with Crippen molar-refractivity contribution in [1.29, 1.82) is 0 Å². The Morgan fingerprint density at radius 2 is 2.33 bits per heavy atom. The largest absolute Gasteiger partial charge is 0.353 e. The number of anilines is 1. The third-order valence-corrected chi connectivity index (χ3v) is 2.95. The van der Waals surface area contributed by atoms with Crippen molar-refractivity contribution in [1.82, 2.24) is 9.97 Å². The molecule has 1 aliphatic carbocycles. The van der Waals surface area contributed by atoms with Crippen molar-refractivity contribution in [2.45, 2.75) is 32.1 Å². The molecule has 82 valence electrons. The summed E-state index contributed by atoms with van der Waals surface area (Å²) < 4.78 is 0. The Kier molecular flexibility index (Phi) is 2.61. The highest BCUT2D eigenvalue weighted by Crippen LogP contribution is 2.36. The van der Waals surface area contributed by atoms with E-state index in [9.17, 15) is 0 Å². The number of nitrogens with zero attached hydrogens (tertiary/aromatic N) is 2. The Morgan fingerprint density at radius 3 is 3.07 bits per heavy atom. The van der Waals surface area contributed by atoms with Gasteiger partial charge in [-0.1, -0.05) is 13.8 Å². The van der Waals surface area contributed by atoms with Gasteiger partial charge < -0.3 is 11.1 Å². The van der Waals surface area contributed by atoms with Gasteiger partial charge in [-0.15, -0.1) is 0 Å². The van der Waals surface area contributed by atoms with Crippen molar-refractivity contribution in [3.8, 4) is 0 Å². The van der Waals surface area contributed by atoms with E-state index in [-0.39, 0.29) is 5.41 Å². The van der Waals surface area contributed by atoms with E-state index in [0.717, 1.165) is 19.4 Å². The van der Waals surface area contributed by atoms with Crippen LogP contribution in [0.2, 0.25) is 0 Å². The lowest BCUT2D eigenvalue weighted by Gasteiger charge is -2.17. The van der Waals surface area contributed by atoms with E-state index < -0.39 is 0 Å². The number of fused-ring (bicyclic) bond motifs is 1. The van der Waals surface area contributed by atoms with Crippen LogP contribution in [0.15, 0.2) is 6.20 Å². The zero-order valence-electron chi connectivity index (χ0n) is 9.38. The zero-order valence-corrected chi connectivity index (χ0v) is 9.38. The van der Waals surface area contributed by atoms with Crippen LogP contribution in [0.4, 0.5) is 5.95 Å². The zero-order chi connectivity index (χ0) is 10.9. The molecule has 3 N–H and O–H groups in total. The monoisotopic (exact) mass is 206 g/mol. The molecule has 0 bridgehead atoms. The second-order valence-electron chi connectivity index (χ2n) is 4.67. The summed E-state index contributed by atoms with van der Waals surface area (Å²) in [4.78, 5) is 8.84. The van der Waals surface area contributed by atoms with Crippen LogP contribution in [-0.2, 0) is 11.8 Å². The molecule has 0 atom stereocenters. The van der Waals surface area contributed by atoms with Crippen molar-refractivity contribution < 1.29 is 0 Å². The number of rotatable bonds is 3. The lowest BCUT2D eigenvalue weighted by Crippen LogP contribution is -2.18. The first-order chi connectivity index (χ1) is 7.13. The van der Waals surface area contributed by atoms with Gasteiger partial charge in [-0.05, 0) is 18.4 Å². The molecule has 0 aromatic carbocycles. The fourth-order valence-corrected chi connectivity index (χ4v) is 2.01. The number of aryl methyl sites for hydroxylation is 1. The number of nitrogens with one attached hydrogen (secondary N) is 1. The molecule has 15 heavy (non-hydrogen) atoms. The molecule has 0 unspecified atom stereocenters. The highest BCUT2D eigenvalue weighted by molar-refractivity contribution is 5.36. The Balaban J connectivity index is 2.25. The lowest BCUT2D eigenvalue weighted by atomic mass is 9.91. The summed E-state index contributed by atoms with van der Waals surface area (Å²) in [6.45, 7) is 5.79. The van der Waals surface area contributed by atoms with E-state index >= 15 is 0 Å². The molecule has 0 aliphatic heterocycles. The molecule has 2 rings (SSSR count). The van der Waals surface area contributed by atoms with E-state index in [1.165, 1.54) is 11.3 Å². The summed E-state index contributed by atoms with van der Waals surface area (Å²) in [5.74, 6) is 0.703. The van der Waals surface area contributed by atoms with Crippen molar-refractivity contribution in [2.75, 3.05) is 18.4 Å². The fraction of sp³-hybridized carbons (Fsp3) is 0.636. The molecular formula is C11H18N4. The second kappa shape index (κ2) is 3.77. The average Bonchev–Trinajstić information content (AvgIpc) is 2.52. The molecule has 0 saturated carbocycles. The van der Waals surface area contributed by atoms with Gasteiger partial charge in [0.25, 0.3) is 0 Å². The highest BCUT2D eigenvalue weighted by Gasteiger charge is 2.31. The van der Waals surface area contributed by atoms with Crippen LogP contribution >= 0.6 is 0 Å². The van der Waals surface area contributed by atoms with E-state index in [4.69, 9.17) is 5.73 Å². The summed E-state index contributed by atoms with van der Waals surface area (Å²) in [6, 6.07) is 0. The first-order valence-corrected chi connectivity index (χ1v) is 5.44. The van der Waals surface area contributed by atoms with Gasteiger partial charge in [0.15, 0.2) is 0 Å². The second-order valence-corrected chi connectivity index (χ2v) is 4.67. The van der Waals surface area contributed by atoms with Gasteiger partial charge in [0, 0.05) is 24.7 Å². The van der Waals surface area contributed by atoms with Crippen LogP contribution in [0.1, 0.15) is 31.5 Å². The van der Waals surface area contributed by atoms with Gasteiger partial charge >= 0.3 is 0 Å². The maximum absolute atomic E-state index is 5.42. The maximum Gasteiger partial charge on any atom is 0.222 e. The molecule has 1 aliphatic rings. The SMILES string of the molecule is CC1(C)CCc2cnc(NCCN)nc21. The van der Waals surface area contributed by atoms with Crippen LogP contribution in [0.3, 0.4) is 0 Å². The normalized spacial score (nSPS) is 17.5. The molecule has 0 amide bonds. The number of hydrogen-bond donors (Lipinski definition) is 2. The molecular weight excluding hydrogens is 188 g/mol. The molecule has 1 aromatic heterocycles. The standard InChI is InChI=1S/C11H18N4/c1-11(2)4-3-8-7-14-10(13-6-5-12)15-9(8)11/h7H,3-6,12H2,1-2H3,(H,13,14,15). The third-order valence-electron chi connectivity index (χ3n) is 2.95. The summed E-state index contributed by atoms with van der Waals surface area (Å²) in [5, 5.41) is 3.11. The van der Waals surface area contributed by atoms with Gasteiger partial charge in [-0.2, -0.15) is 0 Å². The third kappa shape index (κ3) is 1.95. The molecule has 1 heterocycles. The molecule has 0 spiro atoms. The topological polar surface area (TPSA) is 63.8 Å². The molecule has 4 heteroatoms. The Bertz CT molecular complexity index is 360. The van der Waals surface area contributed by atoms with Crippen LogP contribution in [0.25, 0.3) is 0 Å². The number of hydrogen-bond acceptors (Lipinski definition) is 4. The van der Waals surface area contributed by atoms with Crippen molar-refractivity contribution in [3.05, 3.63) is 17.5 Å². The highest BCUT2D eigenvalue weighted by atomic mass is 15.1. The molecule has 0 fully saturated rings. The summed E-state index contributed by atoms with van der Waals surface area (Å²) in [7, 11) is 0. The van der Waals surface area contributed by atoms with Crippen molar-refractivity contribution in [3.63, 3.8) is 0 Å². The predicted molar refractivity (Wildman–Crippen MR) is 60.9 cm³/mol. The van der Waals surface area contributed by atoms with E-state index in [1.807, 2.05) is 6.20 Å². The fourth-order valence-electron chi connectivity index (χ4n) is 2.01. The average molecular weight is 206 g/mol. The Hall–Kier alpha value is -1.16. The van der Waals surface area contributed by atoms with Crippen LogP contribution in [0.5, 0.6) is 0 Å². The molecule has 0 radical (unpaired) electrons. The van der Waals surface area contributed by atoms with Gasteiger partial charge in [0.1, 0.15) is 0 Å². The van der Waals surface area contributed by atoms with Crippen LogP contribution in [-0.4, -0.2) is 23.1 Å². The van der Waals surface area contributed by atoms with E-state index in [0.29, 0.717) is 12.5 Å². The smallest absolute Gasteiger partial charge is 0.222 e. The summed E-state index contributed by atoms with van der Waals surface area (Å²) in [6.07, 6.45) is 4.20. The van der Waals surface area contributed by atoms with E-state index in [1.54, 1.807) is 0 Å². The van der Waals surface area contributed by atoms with Gasteiger partial charge in [-0.3, -0.25) is 0 Å². The van der Waals surface area contributed by atoms with Crippen LogP contribution in [0, 0.1) is 0 Å². The van der Waals surface area contributed by atoms with Gasteiger partial charge in [-0.25, -0.2) is 9.97 Å². The minimum absolute atomic E-state index is 0.192. The summed E-state index contributed by atoms with van der Waals surface area (Å²) >= 11 is 0. The number of aromatic nitrogens is 2. The van der Waals surface area contributed by atoms with Crippen molar-refractivity contribution in [2.24, 2.45) is 5.73 Å². The van der Waals surface area contributed by atoms with Gasteiger partial charge in [0.2, 0.25) is 5.95 Å². The quantitative estimate of drug-likeness (QED) is 0.776. The first kappa shape index (κ1) is 10.4. The summed E-state index contributed by atoms with van der Waals surface area (Å²) in [5.41, 5.74) is 8.10. The minimum atomic E-state index is 0.192. The Labute approximate surface area is 90.3 Å². The van der Waals surface area contributed by atoms with E-state index in [2.05, 4.69) is 29.1 Å². The predicted octanol–water partition coefficient (Wildman–Crippen LogP) is 1.07. The maximum atomic E-state index is 5.42. The molecule has 4 nitrogen and oxygen atoms in total. The lowest BCUT2D eigenvalue weighted by molar-refractivity contribution is 0.509. The Morgan fingerprint density at radius 1 is 1.53 bits per heavy atom. The van der Waals surface area contributed by atoms with Gasteiger partial charge in [0.05, 0.1) is 5.69 Å². The van der Waals surface area contributed by atoms with Crippen molar-refractivity contribution >= 4 is 5.95 Å². The first-order valence-electron chi connectivity index (χ1n) is 5.44. The van der Waals surface area contributed by atoms with Crippen LogP contribution < -0.4 is 11.1 Å². The number of nitrogens with two attached hydrogens (primary N) is 1. The molecule has 0 saturated heterocycles. The minimum Gasteiger partial charge on any atom is -0.353 e.